The second-order valence-electron chi connectivity index (χ2n) is 7.93. The lowest BCUT2D eigenvalue weighted by molar-refractivity contribution is -0.144. The van der Waals surface area contributed by atoms with E-state index >= 15 is 0 Å². The lowest BCUT2D eigenvalue weighted by Crippen LogP contribution is -2.56. The van der Waals surface area contributed by atoms with E-state index in [0.29, 0.717) is 32.4 Å². The molecule has 2 aromatic heterocycles. The third kappa shape index (κ3) is 2.19. The molecule has 136 valence electrons. The molecule has 0 aromatic carbocycles. The van der Waals surface area contributed by atoms with E-state index in [2.05, 4.69) is 16.9 Å². The molecular weight excluding hydrogens is 332 g/mol. The number of aliphatic hydroxyl groups is 1. The Balaban J connectivity index is 1.51. The Hall–Kier alpha value is -2.41. The molecule has 7 nitrogen and oxygen atoms in total. The van der Waals surface area contributed by atoms with E-state index in [0.717, 1.165) is 28.7 Å². The van der Waals surface area contributed by atoms with Crippen LogP contribution in [-0.4, -0.2) is 56.5 Å². The van der Waals surface area contributed by atoms with Crippen molar-refractivity contribution in [1.82, 2.24) is 14.9 Å². The van der Waals surface area contributed by atoms with Crippen LogP contribution in [0.5, 0.6) is 0 Å². The summed E-state index contributed by atoms with van der Waals surface area (Å²) in [6.07, 6.45) is 5.88. The molecule has 2 amide bonds. The van der Waals surface area contributed by atoms with Crippen LogP contribution in [0.2, 0.25) is 0 Å². The minimum Gasteiger partial charge on any atom is -0.380 e. The summed E-state index contributed by atoms with van der Waals surface area (Å²) in [5, 5.41) is 11.2. The quantitative estimate of drug-likeness (QED) is 0.848. The summed E-state index contributed by atoms with van der Waals surface area (Å²) in [5.41, 5.74) is 1.49. The predicted octanol–water partition coefficient (Wildman–Crippen LogP) is 1.21. The minimum absolute atomic E-state index is 0.0618. The van der Waals surface area contributed by atoms with Gasteiger partial charge in [-0.15, -0.1) is 0 Å². The molecule has 1 aliphatic carbocycles. The molecule has 1 saturated heterocycles. The zero-order valence-electron chi connectivity index (χ0n) is 14.7. The fourth-order valence-electron chi connectivity index (χ4n) is 4.37. The molecule has 5 rings (SSSR count). The number of aromatic nitrogens is 2. The summed E-state index contributed by atoms with van der Waals surface area (Å²) in [5.74, 6) is 0.166. The van der Waals surface area contributed by atoms with Crippen molar-refractivity contribution in [3.8, 4) is 0 Å². The van der Waals surface area contributed by atoms with Crippen LogP contribution in [0.3, 0.4) is 0 Å². The molecule has 2 aromatic rings. The van der Waals surface area contributed by atoms with Gasteiger partial charge in [0.15, 0.2) is 0 Å². The largest absolute Gasteiger partial charge is 0.380 e. The maximum absolute atomic E-state index is 12.9. The third-order valence-electron chi connectivity index (χ3n) is 6.14. The van der Waals surface area contributed by atoms with E-state index in [1.54, 1.807) is 11.1 Å². The molecule has 3 aliphatic rings. The normalized spacial score (nSPS) is 27.1. The monoisotopic (exact) mass is 354 g/mol. The lowest BCUT2D eigenvalue weighted by Gasteiger charge is -2.42. The van der Waals surface area contributed by atoms with Gasteiger partial charge in [-0.3, -0.25) is 9.59 Å². The molecule has 2 aliphatic heterocycles. The number of rotatable bonds is 2. The molecule has 0 bridgehead atoms. The fourth-order valence-corrected chi connectivity index (χ4v) is 4.37. The average Bonchev–Trinajstić information content (AvgIpc) is 3.05. The molecule has 0 spiro atoms. The van der Waals surface area contributed by atoms with Crippen molar-refractivity contribution in [3.05, 3.63) is 24.0 Å². The number of carbonyl (C=O) groups excluding carboxylic acids is 2. The molecule has 4 heterocycles. The van der Waals surface area contributed by atoms with Gasteiger partial charge in [0.05, 0.1) is 18.2 Å². The van der Waals surface area contributed by atoms with Gasteiger partial charge in [-0.1, -0.05) is 6.92 Å². The number of nitrogens with one attached hydrogen (secondary N) is 1. The van der Waals surface area contributed by atoms with Gasteiger partial charge < -0.3 is 19.9 Å². The Kier molecular flexibility index (Phi) is 3.22. The number of anilines is 1. The van der Waals surface area contributed by atoms with Crippen molar-refractivity contribution in [2.75, 3.05) is 18.0 Å². The first kappa shape index (κ1) is 15.8. The van der Waals surface area contributed by atoms with Crippen LogP contribution in [0, 0.1) is 5.92 Å². The van der Waals surface area contributed by atoms with Crippen LogP contribution in [0.1, 0.15) is 31.7 Å². The van der Waals surface area contributed by atoms with E-state index < -0.39 is 5.60 Å². The van der Waals surface area contributed by atoms with E-state index in [9.17, 15) is 14.7 Å². The Bertz CT molecular complexity index is 917. The van der Waals surface area contributed by atoms with Crippen molar-refractivity contribution in [2.45, 2.75) is 44.2 Å². The van der Waals surface area contributed by atoms with Crippen LogP contribution in [-0.2, 0) is 16.0 Å². The van der Waals surface area contributed by atoms with Crippen molar-refractivity contribution >= 4 is 28.5 Å². The number of aromatic amines is 1. The Morgan fingerprint density at radius 2 is 2.23 bits per heavy atom. The van der Waals surface area contributed by atoms with Crippen LogP contribution in [0.4, 0.5) is 5.69 Å². The van der Waals surface area contributed by atoms with Gasteiger partial charge in [-0.2, -0.15) is 0 Å². The highest BCUT2D eigenvalue weighted by atomic mass is 16.3. The summed E-state index contributed by atoms with van der Waals surface area (Å²) in [6.45, 7) is 3.25. The number of carbonyl (C=O) groups is 2. The summed E-state index contributed by atoms with van der Waals surface area (Å²) < 4.78 is 0. The van der Waals surface area contributed by atoms with E-state index in [1.165, 1.54) is 0 Å². The summed E-state index contributed by atoms with van der Waals surface area (Å²) in [4.78, 5) is 36.6. The van der Waals surface area contributed by atoms with E-state index in [-0.39, 0.29) is 23.8 Å². The maximum atomic E-state index is 12.9. The first-order chi connectivity index (χ1) is 12.5. The van der Waals surface area contributed by atoms with Crippen molar-refractivity contribution in [2.24, 2.45) is 5.92 Å². The second kappa shape index (κ2) is 5.30. The van der Waals surface area contributed by atoms with Crippen LogP contribution in [0.25, 0.3) is 11.0 Å². The second-order valence-corrected chi connectivity index (χ2v) is 7.93. The molecule has 2 fully saturated rings. The smallest absolute Gasteiger partial charge is 0.254 e. The molecule has 2 N–H and O–H groups in total. The van der Waals surface area contributed by atoms with Crippen LogP contribution in [0.15, 0.2) is 18.5 Å². The molecular formula is C19H22N4O3. The standard InChI is InChI=1S/C19H22N4O3/c1-11-3-7-22(18(25)19(26)4-5-19)10-14(11)23-15(24)8-12-9-21-17-13(16(12)23)2-6-20-17/h2,6,9,11,14,26H,3-5,7-8,10H2,1H3,(H,20,21). The molecule has 1 saturated carbocycles. The highest BCUT2D eigenvalue weighted by Crippen LogP contribution is 2.41. The van der Waals surface area contributed by atoms with Crippen molar-refractivity contribution in [1.29, 1.82) is 0 Å². The zero-order chi connectivity index (χ0) is 18.1. The Morgan fingerprint density at radius 1 is 1.42 bits per heavy atom. The third-order valence-corrected chi connectivity index (χ3v) is 6.14. The van der Waals surface area contributed by atoms with Gasteiger partial charge >= 0.3 is 0 Å². The highest BCUT2D eigenvalue weighted by molar-refractivity contribution is 6.09. The number of pyridine rings is 1. The number of hydrogen-bond acceptors (Lipinski definition) is 4. The number of likely N-dealkylation sites (tertiary alicyclic amines) is 1. The number of piperidine rings is 1. The van der Waals surface area contributed by atoms with Gasteiger partial charge in [0, 0.05) is 36.4 Å². The topological polar surface area (TPSA) is 89.5 Å². The van der Waals surface area contributed by atoms with Gasteiger partial charge in [-0.25, -0.2) is 4.98 Å². The fraction of sp³-hybridized carbons (Fsp3) is 0.526. The van der Waals surface area contributed by atoms with Crippen LogP contribution >= 0.6 is 0 Å². The van der Waals surface area contributed by atoms with Crippen molar-refractivity contribution in [3.63, 3.8) is 0 Å². The summed E-state index contributed by atoms with van der Waals surface area (Å²) in [6, 6.07) is 1.88. The van der Waals surface area contributed by atoms with Crippen molar-refractivity contribution < 1.29 is 14.7 Å². The number of amides is 2. The van der Waals surface area contributed by atoms with Gasteiger partial charge in [-0.05, 0) is 31.2 Å². The molecule has 26 heavy (non-hydrogen) atoms. The minimum atomic E-state index is -1.16. The van der Waals surface area contributed by atoms with E-state index in [4.69, 9.17) is 0 Å². The van der Waals surface area contributed by atoms with Gasteiger partial charge in [0.25, 0.3) is 5.91 Å². The number of nitrogens with zero attached hydrogens (tertiary/aromatic N) is 3. The first-order valence-corrected chi connectivity index (χ1v) is 9.27. The summed E-state index contributed by atoms with van der Waals surface area (Å²) in [7, 11) is 0. The first-order valence-electron chi connectivity index (χ1n) is 9.27. The van der Waals surface area contributed by atoms with E-state index in [1.807, 2.05) is 17.2 Å². The summed E-state index contributed by atoms with van der Waals surface area (Å²) >= 11 is 0. The lowest BCUT2D eigenvalue weighted by atomic mass is 9.91. The number of hydrogen-bond donors (Lipinski definition) is 2. The molecule has 7 heteroatoms. The number of fused-ring (bicyclic) bond motifs is 3. The molecule has 2 atom stereocenters. The SMILES string of the molecule is CC1CCN(C(=O)C2(O)CC2)CC1N1C(=O)Cc2cnc3[nH]ccc3c21. The van der Waals surface area contributed by atoms with Gasteiger partial charge in [0.1, 0.15) is 11.2 Å². The van der Waals surface area contributed by atoms with Crippen LogP contribution < -0.4 is 4.90 Å². The molecule has 0 radical (unpaired) electrons. The highest BCUT2D eigenvalue weighted by Gasteiger charge is 2.51. The molecule has 2 unspecified atom stereocenters. The Labute approximate surface area is 151 Å². The number of H-pyrrole nitrogens is 1. The predicted molar refractivity (Wildman–Crippen MR) is 95.6 cm³/mol. The Morgan fingerprint density at radius 3 is 3.00 bits per heavy atom. The zero-order valence-corrected chi connectivity index (χ0v) is 14.7. The average molecular weight is 354 g/mol. The maximum Gasteiger partial charge on any atom is 0.254 e. The van der Waals surface area contributed by atoms with Gasteiger partial charge in [0.2, 0.25) is 5.91 Å².